The van der Waals surface area contributed by atoms with Crippen molar-refractivity contribution in [1.82, 2.24) is 0 Å². The minimum absolute atomic E-state index is 0. The predicted octanol–water partition coefficient (Wildman–Crippen LogP) is 6.08. The Morgan fingerprint density at radius 1 is 0.365 bits per heavy atom. The van der Waals surface area contributed by atoms with Crippen LogP contribution in [0.15, 0.2) is 20.0 Å². The number of esters is 4. The maximum Gasteiger partial charge on any atom is 2.00 e. The Morgan fingerprint density at radius 2 is 0.527 bits per heavy atom. The van der Waals surface area contributed by atoms with Gasteiger partial charge in [0, 0.05) is 25.7 Å². The fourth-order valence-corrected chi connectivity index (χ4v) is 11.8. The van der Waals surface area contributed by atoms with E-state index in [0.717, 1.165) is 51.4 Å². The molecule has 4 aliphatic carbocycles. The third kappa shape index (κ3) is 19.2. The van der Waals surface area contributed by atoms with E-state index in [-0.39, 0.29) is 137 Å². The van der Waals surface area contributed by atoms with E-state index in [9.17, 15) is 39.6 Å². The van der Waals surface area contributed by atoms with Crippen molar-refractivity contribution in [2.75, 3.05) is 0 Å². The predicted molar refractivity (Wildman–Crippen MR) is 268 cm³/mol. The first kappa shape index (κ1) is 65.3. The second-order valence-corrected chi connectivity index (χ2v) is 24.2. The number of hydrogen-bond donors (Lipinski definition) is 0. The molecule has 422 valence electrons. The van der Waals surface area contributed by atoms with E-state index >= 15 is 0 Å². The quantitative estimate of drug-likeness (QED) is 0.123. The molecule has 0 aromatic heterocycles. The van der Waals surface area contributed by atoms with Gasteiger partial charge in [-0.25, -0.2) is 19.2 Å². The third-order valence-corrected chi connectivity index (χ3v) is 16.7. The van der Waals surface area contributed by atoms with Crippen LogP contribution in [0.5, 0.6) is 0 Å². The van der Waals surface area contributed by atoms with Crippen LogP contribution in [-0.4, -0.2) is 96.1 Å². The van der Waals surface area contributed by atoms with Gasteiger partial charge < -0.3 is 39.4 Å². The average Bonchev–Trinajstić information content (AvgIpc) is 3.25. The summed E-state index contributed by atoms with van der Waals surface area (Å²) in [6.45, 7) is 26.2. The largest absolute Gasteiger partial charge is 2.00 e. The molecule has 0 bridgehead atoms. The van der Waals surface area contributed by atoms with Gasteiger partial charge in [0.15, 0.2) is 24.2 Å². The van der Waals surface area contributed by atoms with Crippen LogP contribution in [-0.2, 0) is 77.1 Å². The van der Waals surface area contributed by atoms with Crippen molar-refractivity contribution in [1.29, 1.82) is 0 Å². The van der Waals surface area contributed by atoms with E-state index in [1.807, 2.05) is 0 Å². The van der Waals surface area contributed by atoms with E-state index < -0.39 is 24.2 Å². The van der Waals surface area contributed by atoms with Crippen LogP contribution < -0.4 is 20.4 Å². The van der Waals surface area contributed by atoms with Crippen LogP contribution in [0.1, 0.15) is 186 Å². The first-order valence-electron chi connectivity index (χ1n) is 27.6. The van der Waals surface area contributed by atoms with Gasteiger partial charge in [-0.15, -0.1) is 0 Å². The van der Waals surface area contributed by atoms with Gasteiger partial charge >= 0.3 is 62.8 Å². The van der Waals surface area contributed by atoms with E-state index in [1.54, 1.807) is 0 Å². The van der Waals surface area contributed by atoms with E-state index in [2.05, 4.69) is 103 Å². The zero-order valence-electron chi connectivity index (χ0n) is 46.2. The van der Waals surface area contributed by atoms with Gasteiger partial charge in [0.25, 0.3) is 0 Å². The fraction of sp³-hybridized carbons (Fsp3) is 0.857. The van der Waals surface area contributed by atoms with Crippen LogP contribution >= 0.6 is 0 Å². The molecule has 0 unspecified atom stereocenters. The van der Waals surface area contributed by atoms with Gasteiger partial charge in [0.05, 0.1) is 0 Å². The summed E-state index contributed by atoms with van der Waals surface area (Å²) in [7, 11) is 0. The van der Waals surface area contributed by atoms with Crippen LogP contribution in [0, 0.1) is 71.0 Å². The number of carbonyl (C=O) groups is 4. The van der Waals surface area contributed by atoms with Gasteiger partial charge in [0.1, 0.15) is 24.4 Å². The van der Waals surface area contributed by atoms with Crippen molar-refractivity contribution in [3.05, 3.63) is 0 Å². The van der Waals surface area contributed by atoms with Gasteiger partial charge in [-0.2, -0.15) is 0 Å². The minimum Gasteiger partial charge on any atom is -0.862 e. The Labute approximate surface area is 467 Å². The molecule has 4 heterocycles. The summed E-state index contributed by atoms with van der Waals surface area (Å²) < 4.78 is 22.4. The number of nitrogens with zero attached hydrogens (tertiary/aromatic N) is 4. The summed E-state index contributed by atoms with van der Waals surface area (Å²) in [5, 5.41) is 43.0. The standard InChI is InChI=1S/4C14H23NO3.2Rh/c4*1-8(2)10-5-4-9(3)6-12(10)18-14(17)11-7-13(16)15-11;;/h4*8-12H,4-7H2,1-3H3,(H,15,16);;/q;;;;2*+2/p-4/t4*9-,10+,11-,12-;;/m0000../s1. The number of aliphatic imine (C=N–C) groups is 4. The van der Waals surface area contributed by atoms with Gasteiger partial charge in [-0.1, -0.05) is 109 Å². The molecule has 16 atom stereocenters. The summed E-state index contributed by atoms with van der Waals surface area (Å²) >= 11 is 0. The van der Waals surface area contributed by atoms with E-state index in [4.69, 9.17) is 18.9 Å². The molecular weight excluding hydrogens is 1130 g/mol. The molecule has 4 fully saturated rings. The molecule has 4 saturated carbocycles. The molecule has 8 rings (SSSR count). The molecule has 0 spiro atoms. The van der Waals surface area contributed by atoms with Crippen molar-refractivity contribution >= 4 is 47.5 Å². The second kappa shape index (κ2) is 30.2. The van der Waals surface area contributed by atoms with E-state index in [1.165, 1.54) is 25.7 Å². The van der Waals surface area contributed by atoms with Crippen LogP contribution in [0.4, 0.5) is 0 Å². The van der Waals surface area contributed by atoms with Crippen molar-refractivity contribution in [2.45, 2.75) is 234 Å². The van der Waals surface area contributed by atoms with Crippen molar-refractivity contribution in [3.63, 3.8) is 0 Å². The number of hydrogen-bond acceptors (Lipinski definition) is 16. The maximum atomic E-state index is 11.8. The summed E-state index contributed by atoms with van der Waals surface area (Å²) in [5.41, 5.74) is 0. The van der Waals surface area contributed by atoms with Crippen LogP contribution in [0.3, 0.4) is 0 Å². The Bertz CT molecular complexity index is 1690. The maximum absolute atomic E-state index is 11.8. The smallest absolute Gasteiger partial charge is 0.862 e. The molecule has 4 aliphatic heterocycles. The minimum atomic E-state index is -0.525. The molecule has 0 N–H and O–H groups in total. The van der Waals surface area contributed by atoms with Crippen molar-refractivity contribution in [3.8, 4) is 0 Å². The first-order chi connectivity index (χ1) is 33.9. The Hall–Kier alpha value is -2.99. The molecule has 0 aromatic rings. The molecule has 8 aliphatic rings. The third-order valence-electron chi connectivity index (χ3n) is 16.7. The molecule has 74 heavy (non-hydrogen) atoms. The Kier molecular flexibility index (Phi) is 26.7. The molecule has 0 amide bonds. The van der Waals surface area contributed by atoms with Gasteiger partial charge in [0.2, 0.25) is 0 Å². The van der Waals surface area contributed by atoms with Crippen LogP contribution in [0.2, 0.25) is 0 Å². The van der Waals surface area contributed by atoms with Gasteiger partial charge in [-0.3, -0.25) is 20.0 Å². The molecule has 18 heteroatoms. The van der Waals surface area contributed by atoms with Crippen molar-refractivity contribution < 1.29 is 97.5 Å². The number of carbonyl (C=O) groups excluding carboxylic acids is 4. The normalized spacial score (nSPS) is 34.9. The first-order valence-corrected chi connectivity index (χ1v) is 27.6. The molecule has 16 nitrogen and oxygen atoms in total. The number of rotatable bonds is 12. The fourth-order valence-electron chi connectivity index (χ4n) is 11.8. The second-order valence-electron chi connectivity index (χ2n) is 24.2. The summed E-state index contributed by atoms with van der Waals surface area (Å²) in [6, 6.07) is -2.10. The molecule has 0 aromatic carbocycles. The molecular formula is C56H88N4O12Rh2. The zero-order valence-corrected chi connectivity index (χ0v) is 49.5. The van der Waals surface area contributed by atoms with Crippen LogP contribution in [0.25, 0.3) is 0 Å². The molecule has 0 saturated heterocycles. The zero-order chi connectivity index (χ0) is 53.1. The Balaban J connectivity index is 0.000000258. The van der Waals surface area contributed by atoms with Gasteiger partial charge in [-0.05, 0) is 146 Å². The molecule has 2 radical (unpaired) electrons. The topological polar surface area (TPSA) is 247 Å². The SMILES string of the molecule is CC(C)[C@H]1CC[C@H](C)C[C@@H]1OC(=O)[C@@H]1CC([O-])=N1.CC(C)[C@H]1CC[C@H](C)C[C@@H]1OC(=O)[C@@H]1CC([O-])=N1.CC(C)[C@H]1CC[C@H](C)C[C@@H]1OC(=O)[C@@H]1CC([O-])=N1.CC(C)[C@H]1CC[C@H](C)C[C@@H]1OC(=O)[C@@H]1CC([O-])=N1.[Rh+2].[Rh+2]. The van der Waals surface area contributed by atoms with Crippen molar-refractivity contribution in [2.24, 2.45) is 91.0 Å². The number of ether oxygens (including phenoxy) is 4. The summed E-state index contributed by atoms with van der Waals surface area (Å²) in [6.07, 6.45) is 14.0. The summed E-state index contributed by atoms with van der Waals surface area (Å²) in [5.74, 6) is 4.34. The summed E-state index contributed by atoms with van der Waals surface area (Å²) in [4.78, 5) is 62.0. The average molecular weight is 1220 g/mol. The van der Waals surface area contributed by atoms with E-state index in [0.29, 0.717) is 71.0 Å². The Morgan fingerprint density at radius 3 is 0.662 bits per heavy atom. The monoisotopic (exact) mass is 1210 g/mol.